The minimum absolute atomic E-state index is 0.378. The molecule has 0 bridgehead atoms. The summed E-state index contributed by atoms with van der Waals surface area (Å²) in [5.41, 5.74) is -1.29. The van der Waals surface area contributed by atoms with Crippen LogP contribution < -0.4 is 0 Å². The van der Waals surface area contributed by atoms with Crippen LogP contribution in [0.15, 0.2) is 0 Å². The van der Waals surface area contributed by atoms with E-state index < -0.39 is 11.6 Å². The van der Waals surface area contributed by atoms with Gasteiger partial charge in [0.05, 0.1) is 5.41 Å². The van der Waals surface area contributed by atoms with Gasteiger partial charge in [0.15, 0.2) is 0 Å². The first-order valence-corrected chi connectivity index (χ1v) is 6.60. The van der Waals surface area contributed by atoms with Crippen molar-refractivity contribution in [1.29, 1.82) is 0 Å². The first-order chi connectivity index (χ1) is 7.54. The molecule has 0 amide bonds. The van der Waals surface area contributed by atoms with Crippen LogP contribution in [0.1, 0.15) is 64.2 Å². The topological polar surface area (TPSA) is 0 Å². The highest BCUT2D eigenvalue weighted by molar-refractivity contribution is 4.94. The molecule has 2 rings (SSSR count). The van der Waals surface area contributed by atoms with E-state index in [9.17, 15) is 13.2 Å². The summed E-state index contributed by atoms with van der Waals surface area (Å²) < 4.78 is 38.7. The summed E-state index contributed by atoms with van der Waals surface area (Å²) in [6, 6.07) is 0. The quantitative estimate of drug-likeness (QED) is 0.638. The molecule has 0 aromatic heterocycles. The smallest absolute Gasteiger partial charge is 0.171 e. The second-order valence-electron chi connectivity index (χ2n) is 5.67. The van der Waals surface area contributed by atoms with Gasteiger partial charge < -0.3 is 0 Å². The Hall–Kier alpha value is -0.210. The zero-order chi connectivity index (χ0) is 11.6. The molecule has 0 aliphatic heterocycles. The van der Waals surface area contributed by atoms with Gasteiger partial charge >= 0.3 is 6.18 Å². The van der Waals surface area contributed by atoms with Gasteiger partial charge in [-0.2, -0.15) is 13.2 Å². The minimum Gasteiger partial charge on any atom is -0.171 e. The maximum atomic E-state index is 12.9. The van der Waals surface area contributed by atoms with Crippen molar-refractivity contribution in [2.24, 2.45) is 11.3 Å². The lowest BCUT2D eigenvalue weighted by Crippen LogP contribution is -2.44. The Balaban J connectivity index is 1.83. The maximum Gasteiger partial charge on any atom is 0.394 e. The first-order valence-electron chi connectivity index (χ1n) is 6.60. The van der Waals surface area contributed by atoms with Gasteiger partial charge in [-0.05, 0) is 31.6 Å². The van der Waals surface area contributed by atoms with Gasteiger partial charge in [-0.25, -0.2) is 0 Å². The lowest BCUT2D eigenvalue weighted by Gasteiger charge is -2.44. The third-order valence-corrected chi connectivity index (χ3v) is 4.67. The van der Waals surface area contributed by atoms with E-state index in [4.69, 9.17) is 0 Å². The van der Waals surface area contributed by atoms with E-state index in [1.165, 1.54) is 19.3 Å². The molecule has 2 saturated carbocycles. The predicted octanol–water partition coefficient (Wildman–Crippen LogP) is 5.08. The third kappa shape index (κ3) is 2.38. The van der Waals surface area contributed by atoms with Crippen molar-refractivity contribution in [3.8, 4) is 0 Å². The van der Waals surface area contributed by atoms with Gasteiger partial charge in [-0.1, -0.05) is 38.5 Å². The van der Waals surface area contributed by atoms with Crippen molar-refractivity contribution >= 4 is 0 Å². The number of hydrogen-bond acceptors (Lipinski definition) is 0. The Morgan fingerprint density at radius 3 is 2.00 bits per heavy atom. The molecule has 3 heteroatoms. The summed E-state index contributed by atoms with van der Waals surface area (Å²) in [7, 11) is 0. The van der Waals surface area contributed by atoms with Crippen molar-refractivity contribution in [1.82, 2.24) is 0 Å². The standard InChI is InChI=1S/C13H21F3/c14-13(15,16)12(8-4-9-12)10-7-11-5-2-1-3-6-11/h11H,1-10H2. The molecule has 0 atom stereocenters. The monoisotopic (exact) mass is 234 g/mol. The molecule has 0 unspecified atom stereocenters. The number of halogens is 3. The number of hydrogen-bond donors (Lipinski definition) is 0. The lowest BCUT2D eigenvalue weighted by molar-refractivity contribution is -0.254. The molecule has 0 heterocycles. The zero-order valence-corrected chi connectivity index (χ0v) is 9.78. The molecule has 0 aromatic carbocycles. The van der Waals surface area contributed by atoms with Gasteiger partial charge in [0, 0.05) is 0 Å². The number of alkyl halides is 3. The van der Waals surface area contributed by atoms with Crippen LogP contribution in [0.5, 0.6) is 0 Å². The highest BCUT2D eigenvalue weighted by atomic mass is 19.4. The van der Waals surface area contributed by atoms with E-state index in [-0.39, 0.29) is 0 Å². The molecular formula is C13H21F3. The average molecular weight is 234 g/mol. The molecule has 94 valence electrons. The minimum atomic E-state index is -3.96. The lowest BCUT2D eigenvalue weighted by atomic mass is 9.64. The van der Waals surface area contributed by atoms with Crippen LogP contribution >= 0.6 is 0 Å². The molecule has 0 aromatic rings. The van der Waals surface area contributed by atoms with Crippen LogP contribution in [0.3, 0.4) is 0 Å². The molecule has 0 spiro atoms. The van der Waals surface area contributed by atoms with Crippen LogP contribution in [0.25, 0.3) is 0 Å². The van der Waals surface area contributed by atoms with Gasteiger partial charge in [0.1, 0.15) is 0 Å². The largest absolute Gasteiger partial charge is 0.394 e. The molecule has 2 aliphatic rings. The normalized spacial score (nSPS) is 26.4. The summed E-state index contributed by atoms with van der Waals surface area (Å²) in [5, 5.41) is 0. The molecule has 0 saturated heterocycles. The molecule has 0 N–H and O–H groups in total. The van der Waals surface area contributed by atoms with Crippen LogP contribution in [0.4, 0.5) is 13.2 Å². The van der Waals surface area contributed by atoms with E-state index in [2.05, 4.69) is 0 Å². The van der Waals surface area contributed by atoms with E-state index in [1.54, 1.807) is 0 Å². The van der Waals surface area contributed by atoms with Crippen molar-refractivity contribution in [2.45, 2.75) is 70.4 Å². The summed E-state index contributed by atoms with van der Waals surface area (Å²) in [5.74, 6) is 0.577. The molecule has 0 radical (unpaired) electrons. The van der Waals surface area contributed by atoms with Gasteiger partial charge in [-0.15, -0.1) is 0 Å². The predicted molar refractivity (Wildman–Crippen MR) is 58.1 cm³/mol. The Bertz CT molecular complexity index is 222. The molecular weight excluding hydrogens is 213 g/mol. The Morgan fingerprint density at radius 2 is 1.56 bits per heavy atom. The molecule has 2 aliphatic carbocycles. The van der Waals surface area contributed by atoms with Crippen LogP contribution in [-0.2, 0) is 0 Å². The fourth-order valence-electron chi connectivity index (χ4n) is 3.23. The van der Waals surface area contributed by atoms with Crippen molar-refractivity contribution in [2.75, 3.05) is 0 Å². The fraction of sp³-hybridized carbons (Fsp3) is 1.00. The van der Waals surface area contributed by atoms with Gasteiger partial charge in [-0.3, -0.25) is 0 Å². The summed E-state index contributed by atoms with van der Waals surface area (Å²) in [6.07, 6.45) is 4.81. The molecule has 0 nitrogen and oxygen atoms in total. The maximum absolute atomic E-state index is 12.9. The second kappa shape index (κ2) is 4.58. The average Bonchev–Trinajstić information content (AvgIpc) is 2.15. The Morgan fingerprint density at radius 1 is 0.938 bits per heavy atom. The van der Waals surface area contributed by atoms with Crippen LogP contribution in [-0.4, -0.2) is 6.18 Å². The fourth-order valence-corrected chi connectivity index (χ4v) is 3.23. The van der Waals surface area contributed by atoms with E-state index in [0.717, 1.165) is 25.7 Å². The first kappa shape index (κ1) is 12.3. The number of rotatable bonds is 3. The summed E-state index contributed by atoms with van der Waals surface area (Å²) >= 11 is 0. The third-order valence-electron chi connectivity index (χ3n) is 4.67. The SMILES string of the molecule is FC(F)(F)C1(CCC2CCCCC2)CCC1. The van der Waals surface area contributed by atoms with E-state index >= 15 is 0 Å². The highest BCUT2D eigenvalue weighted by Crippen LogP contribution is 2.56. The summed E-state index contributed by atoms with van der Waals surface area (Å²) in [4.78, 5) is 0. The Kier molecular flexibility index (Phi) is 3.50. The molecule has 16 heavy (non-hydrogen) atoms. The van der Waals surface area contributed by atoms with Crippen molar-refractivity contribution in [3.63, 3.8) is 0 Å². The van der Waals surface area contributed by atoms with Crippen molar-refractivity contribution < 1.29 is 13.2 Å². The van der Waals surface area contributed by atoms with Gasteiger partial charge in [0.2, 0.25) is 0 Å². The summed E-state index contributed by atoms with van der Waals surface area (Å²) in [6.45, 7) is 0. The van der Waals surface area contributed by atoms with Crippen LogP contribution in [0.2, 0.25) is 0 Å². The van der Waals surface area contributed by atoms with Crippen molar-refractivity contribution in [3.05, 3.63) is 0 Å². The highest BCUT2D eigenvalue weighted by Gasteiger charge is 2.57. The van der Waals surface area contributed by atoms with Crippen LogP contribution in [0, 0.1) is 11.3 Å². The van der Waals surface area contributed by atoms with E-state index in [1.807, 2.05) is 0 Å². The van der Waals surface area contributed by atoms with E-state index in [0.29, 0.717) is 25.2 Å². The molecule has 2 fully saturated rings. The second-order valence-corrected chi connectivity index (χ2v) is 5.67. The Labute approximate surface area is 95.6 Å². The van der Waals surface area contributed by atoms with Gasteiger partial charge in [0.25, 0.3) is 0 Å². The zero-order valence-electron chi connectivity index (χ0n) is 9.78.